The minimum atomic E-state index is -0.579. The van der Waals surface area contributed by atoms with E-state index < -0.39 is 11.9 Å². The monoisotopic (exact) mass is 524 g/mol. The van der Waals surface area contributed by atoms with Crippen molar-refractivity contribution in [2.45, 2.75) is 0 Å². The Morgan fingerprint density at radius 1 is 0.590 bits per heavy atom. The molecule has 3 aromatic rings. The average molecular weight is 525 g/mol. The van der Waals surface area contributed by atoms with Crippen LogP contribution in [0.15, 0.2) is 117 Å². The molecule has 7 heteroatoms. The van der Waals surface area contributed by atoms with Gasteiger partial charge in [0, 0.05) is 17.7 Å². The molecule has 0 N–H and O–H groups in total. The third-order valence-corrected chi connectivity index (χ3v) is 4.93. The fourth-order valence-corrected chi connectivity index (χ4v) is 2.97. The molecule has 0 aliphatic rings. The van der Waals surface area contributed by atoms with Gasteiger partial charge in [-0.2, -0.15) is 0 Å². The van der Waals surface area contributed by atoms with Crippen molar-refractivity contribution in [1.82, 2.24) is 0 Å². The van der Waals surface area contributed by atoms with Crippen LogP contribution < -0.4 is 9.47 Å². The molecule has 0 atom stereocenters. The van der Waals surface area contributed by atoms with Crippen molar-refractivity contribution in [1.29, 1.82) is 0 Å². The summed E-state index contributed by atoms with van der Waals surface area (Å²) in [7, 11) is 0. The molecule has 0 spiro atoms. The molecule has 3 rings (SSSR count). The maximum absolute atomic E-state index is 14.7. The Morgan fingerprint density at radius 2 is 1.03 bits per heavy atom. The van der Waals surface area contributed by atoms with Crippen molar-refractivity contribution in [2.75, 3.05) is 0 Å². The fraction of sp³-hybridized carbons (Fsp3) is 0. The average Bonchev–Trinajstić information content (AvgIpc) is 2.96. The number of halogens is 1. The van der Waals surface area contributed by atoms with Gasteiger partial charge < -0.3 is 18.9 Å². The molecule has 0 aliphatic carbocycles. The molecule has 0 aliphatic heterocycles. The van der Waals surface area contributed by atoms with Crippen LogP contribution in [0.2, 0.25) is 0 Å². The number of esters is 2. The zero-order chi connectivity index (χ0) is 27.9. The van der Waals surface area contributed by atoms with Gasteiger partial charge in [0.2, 0.25) is 0 Å². The Hall–Kier alpha value is -5.43. The number of rotatable bonds is 12. The van der Waals surface area contributed by atoms with Crippen LogP contribution in [-0.4, -0.2) is 11.9 Å². The van der Waals surface area contributed by atoms with E-state index in [1.807, 2.05) is 42.5 Å². The largest absolute Gasteiger partial charge is 0.462 e. The SMILES string of the molecule is C=CC(=O)OC=COc1ccc(C=Cc2ccc(C=Cc3ccc(OC=COC(=O)C=C)cc3)c(F)c2)cc1. The Balaban J connectivity index is 1.53. The van der Waals surface area contributed by atoms with E-state index in [2.05, 4.69) is 22.6 Å². The third kappa shape index (κ3) is 9.86. The van der Waals surface area contributed by atoms with Crippen molar-refractivity contribution in [3.05, 3.63) is 145 Å². The summed E-state index contributed by atoms with van der Waals surface area (Å²) in [6.45, 7) is 6.59. The summed E-state index contributed by atoms with van der Waals surface area (Å²) in [5.74, 6) is -0.393. The van der Waals surface area contributed by atoms with Crippen LogP contribution in [0.3, 0.4) is 0 Å². The molecule has 0 unspecified atom stereocenters. The van der Waals surface area contributed by atoms with Gasteiger partial charge in [0.05, 0.1) is 0 Å². The third-order valence-electron chi connectivity index (χ3n) is 4.93. The molecule has 0 bridgehead atoms. The molecule has 39 heavy (non-hydrogen) atoms. The lowest BCUT2D eigenvalue weighted by Gasteiger charge is -2.02. The Labute approximate surface area is 225 Å². The molecule has 0 aromatic heterocycles. The second-order valence-corrected chi connectivity index (χ2v) is 7.65. The molecule has 0 fully saturated rings. The number of benzene rings is 3. The summed E-state index contributed by atoms with van der Waals surface area (Å²) in [6, 6.07) is 19.3. The molecule has 0 saturated heterocycles. The van der Waals surface area contributed by atoms with Gasteiger partial charge >= 0.3 is 11.9 Å². The van der Waals surface area contributed by atoms with Gasteiger partial charge in [-0.25, -0.2) is 14.0 Å². The van der Waals surface area contributed by atoms with Gasteiger partial charge in [-0.15, -0.1) is 0 Å². The van der Waals surface area contributed by atoms with Crippen molar-refractivity contribution in [2.24, 2.45) is 0 Å². The first kappa shape index (κ1) is 28.1. The van der Waals surface area contributed by atoms with Crippen LogP contribution in [0.25, 0.3) is 24.3 Å². The van der Waals surface area contributed by atoms with E-state index in [1.54, 1.807) is 42.5 Å². The van der Waals surface area contributed by atoms with Gasteiger partial charge in [0.1, 0.15) is 42.4 Å². The van der Waals surface area contributed by atoms with Crippen LogP contribution in [0.5, 0.6) is 11.5 Å². The Morgan fingerprint density at radius 3 is 1.49 bits per heavy atom. The minimum Gasteiger partial charge on any atom is -0.462 e. The van der Waals surface area contributed by atoms with E-state index in [9.17, 15) is 14.0 Å². The van der Waals surface area contributed by atoms with Crippen LogP contribution >= 0.6 is 0 Å². The highest BCUT2D eigenvalue weighted by atomic mass is 19.1. The summed E-state index contributed by atoms with van der Waals surface area (Å²) in [6.07, 6.45) is 14.0. The number of hydrogen-bond acceptors (Lipinski definition) is 6. The number of hydrogen-bond donors (Lipinski definition) is 0. The smallest absolute Gasteiger partial charge is 0.335 e. The zero-order valence-corrected chi connectivity index (χ0v) is 20.9. The first-order valence-electron chi connectivity index (χ1n) is 11.6. The number of carbonyl (C=O) groups is 2. The van der Waals surface area contributed by atoms with E-state index >= 15 is 0 Å². The molecule has 0 amide bonds. The second kappa shape index (κ2) is 15.0. The van der Waals surface area contributed by atoms with Crippen LogP contribution in [-0.2, 0) is 19.1 Å². The lowest BCUT2D eigenvalue weighted by molar-refractivity contribution is -0.133. The summed E-state index contributed by atoms with van der Waals surface area (Å²) < 4.78 is 34.7. The predicted octanol–water partition coefficient (Wildman–Crippen LogP) is 7.32. The van der Waals surface area contributed by atoms with Crippen molar-refractivity contribution in [3.63, 3.8) is 0 Å². The van der Waals surface area contributed by atoms with Gasteiger partial charge in [0.15, 0.2) is 0 Å². The van der Waals surface area contributed by atoms with E-state index in [0.29, 0.717) is 22.6 Å². The number of ether oxygens (including phenoxy) is 4. The second-order valence-electron chi connectivity index (χ2n) is 7.65. The maximum atomic E-state index is 14.7. The van der Waals surface area contributed by atoms with E-state index in [4.69, 9.17) is 9.47 Å². The summed E-state index contributed by atoms with van der Waals surface area (Å²) >= 11 is 0. The molecule has 6 nitrogen and oxygen atoms in total. The summed E-state index contributed by atoms with van der Waals surface area (Å²) in [5.41, 5.74) is 2.92. The van der Waals surface area contributed by atoms with Gasteiger partial charge in [-0.05, 0) is 47.0 Å². The highest BCUT2D eigenvalue weighted by molar-refractivity contribution is 5.82. The molecular weight excluding hydrogens is 499 g/mol. The van der Waals surface area contributed by atoms with Crippen LogP contribution in [0.4, 0.5) is 4.39 Å². The van der Waals surface area contributed by atoms with Crippen LogP contribution in [0.1, 0.15) is 22.3 Å². The highest BCUT2D eigenvalue weighted by Crippen LogP contribution is 2.19. The first-order valence-corrected chi connectivity index (χ1v) is 11.6. The standard InChI is InChI=1S/C32H25FO6/c1-3-31(34)38-21-19-36-28-15-9-24(10-16-28)5-6-26-8-14-27(30(33)23-26)13-7-25-11-17-29(18-12-25)37-20-22-39-32(35)4-2/h3-23H,1-2H2. The summed E-state index contributed by atoms with van der Waals surface area (Å²) in [5, 5.41) is 0. The Bertz CT molecular complexity index is 1410. The van der Waals surface area contributed by atoms with Crippen molar-refractivity contribution < 1.29 is 32.9 Å². The Kier molecular flexibility index (Phi) is 10.8. The highest BCUT2D eigenvalue weighted by Gasteiger charge is 2.00. The summed E-state index contributed by atoms with van der Waals surface area (Å²) in [4.78, 5) is 21.9. The lowest BCUT2D eigenvalue weighted by atomic mass is 10.1. The van der Waals surface area contributed by atoms with E-state index in [1.165, 1.54) is 18.6 Å². The molecule has 196 valence electrons. The molecule has 0 saturated carbocycles. The normalized spacial score (nSPS) is 11.2. The molecule has 0 heterocycles. The first-order chi connectivity index (χ1) is 19.0. The molecule has 0 radical (unpaired) electrons. The maximum Gasteiger partial charge on any atom is 0.335 e. The van der Waals surface area contributed by atoms with Crippen molar-refractivity contribution >= 4 is 36.2 Å². The zero-order valence-electron chi connectivity index (χ0n) is 20.9. The van der Waals surface area contributed by atoms with Crippen LogP contribution in [0, 0.1) is 5.82 Å². The van der Waals surface area contributed by atoms with Gasteiger partial charge in [-0.3, -0.25) is 0 Å². The van der Waals surface area contributed by atoms with Gasteiger partial charge in [-0.1, -0.05) is 73.9 Å². The molecular formula is C32H25FO6. The predicted molar refractivity (Wildman–Crippen MR) is 149 cm³/mol. The topological polar surface area (TPSA) is 71.1 Å². The van der Waals surface area contributed by atoms with E-state index in [0.717, 1.165) is 35.8 Å². The van der Waals surface area contributed by atoms with Crippen molar-refractivity contribution in [3.8, 4) is 11.5 Å². The minimum absolute atomic E-state index is 0.347. The lowest BCUT2D eigenvalue weighted by Crippen LogP contribution is -1.93. The molecule has 3 aromatic carbocycles. The quantitative estimate of drug-likeness (QED) is 0.107. The number of carbonyl (C=O) groups excluding carboxylic acids is 2. The van der Waals surface area contributed by atoms with Gasteiger partial charge in [0.25, 0.3) is 0 Å². The fourth-order valence-electron chi connectivity index (χ4n) is 2.97. The van der Waals surface area contributed by atoms with E-state index in [-0.39, 0.29) is 5.82 Å².